The summed E-state index contributed by atoms with van der Waals surface area (Å²) in [6, 6.07) is 9.50. The van der Waals surface area contributed by atoms with E-state index < -0.39 is 0 Å². The quantitative estimate of drug-likeness (QED) is 0.790. The van der Waals surface area contributed by atoms with Crippen LogP contribution >= 0.6 is 0 Å². The van der Waals surface area contributed by atoms with E-state index in [1.54, 1.807) is 0 Å². The average molecular weight is 309 g/mol. The molecule has 0 fully saturated rings. The Labute approximate surface area is 132 Å². The Morgan fingerprint density at radius 1 is 1.13 bits per heavy atom. The summed E-state index contributed by atoms with van der Waals surface area (Å²) in [6.45, 7) is 2.62. The van der Waals surface area contributed by atoms with Crippen molar-refractivity contribution >= 4 is 17.2 Å². The molecule has 1 aliphatic heterocycles. The maximum absolute atomic E-state index is 11.2. The maximum Gasteiger partial charge on any atom is 0.221 e. The monoisotopic (exact) mass is 309 g/mol. The molecule has 1 aliphatic rings. The molecule has 1 N–H and O–H groups in total. The summed E-state index contributed by atoms with van der Waals surface area (Å²) < 4.78 is 13.0. The van der Waals surface area contributed by atoms with Gasteiger partial charge in [-0.15, -0.1) is 0 Å². The van der Waals surface area contributed by atoms with Gasteiger partial charge in [0.25, 0.3) is 0 Å². The van der Waals surface area contributed by atoms with Gasteiger partial charge in [0.2, 0.25) is 5.91 Å². The predicted octanol–water partition coefficient (Wildman–Crippen LogP) is 2.73. The van der Waals surface area contributed by atoms with Gasteiger partial charge in [-0.05, 0) is 30.3 Å². The van der Waals surface area contributed by atoms with Crippen molar-refractivity contribution in [3.8, 4) is 22.8 Å². The molecule has 23 heavy (non-hydrogen) atoms. The molecule has 0 spiro atoms. The molecule has 6 nitrogen and oxygen atoms in total. The number of benzene rings is 1. The first-order valence-electron chi connectivity index (χ1n) is 7.35. The number of aromatic nitrogens is 2. The number of anilines is 1. The first-order chi connectivity index (χ1) is 11.2. The minimum Gasteiger partial charge on any atom is -0.486 e. The molecule has 0 bridgehead atoms. The van der Waals surface area contributed by atoms with Crippen LogP contribution in [0.5, 0.6) is 11.5 Å². The number of carbonyl (C=O) groups is 1. The normalized spacial score (nSPS) is 13.1. The van der Waals surface area contributed by atoms with Gasteiger partial charge in [-0.1, -0.05) is 0 Å². The number of hydrogen-bond donors (Lipinski definition) is 1. The first-order valence-corrected chi connectivity index (χ1v) is 7.35. The second-order valence-corrected chi connectivity index (χ2v) is 5.35. The molecule has 3 heterocycles. The second-order valence-electron chi connectivity index (χ2n) is 5.35. The van der Waals surface area contributed by atoms with Gasteiger partial charge < -0.3 is 19.2 Å². The molecule has 0 saturated heterocycles. The number of pyridine rings is 1. The number of hydrogen-bond acceptors (Lipinski definition) is 4. The van der Waals surface area contributed by atoms with Crippen LogP contribution in [0, 0.1) is 0 Å². The van der Waals surface area contributed by atoms with Crippen molar-refractivity contribution in [3.05, 3.63) is 42.7 Å². The highest BCUT2D eigenvalue weighted by Gasteiger charge is 2.14. The Morgan fingerprint density at radius 3 is 2.78 bits per heavy atom. The van der Waals surface area contributed by atoms with Gasteiger partial charge in [-0.2, -0.15) is 0 Å². The third-order valence-corrected chi connectivity index (χ3v) is 3.61. The van der Waals surface area contributed by atoms with Crippen molar-refractivity contribution in [1.29, 1.82) is 0 Å². The van der Waals surface area contributed by atoms with Gasteiger partial charge in [0.05, 0.1) is 11.4 Å². The average Bonchev–Trinajstić information content (AvgIpc) is 2.97. The predicted molar refractivity (Wildman–Crippen MR) is 85.9 cm³/mol. The van der Waals surface area contributed by atoms with Gasteiger partial charge in [0.15, 0.2) is 11.5 Å². The molecule has 0 aliphatic carbocycles. The fourth-order valence-electron chi connectivity index (χ4n) is 2.61. The SMILES string of the molecule is CC(=O)Nc1ccc2nc(-c3ccc4c(c3)OCCO4)cn2c1. The Hall–Kier alpha value is -3.02. The first kappa shape index (κ1) is 13.6. The van der Waals surface area contributed by atoms with E-state index in [1.807, 2.05) is 47.1 Å². The summed E-state index contributed by atoms with van der Waals surface area (Å²) in [6.07, 6.45) is 3.76. The van der Waals surface area contributed by atoms with E-state index in [2.05, 4.69) is 10.3 Å². The lowest BCUT2D eigenvalue weighted by atomic mass is 10.1. The molecule has 4 rings (SSSR count). The molecule has 1 aromatic carbocycles. The lowest BCUT2D eigenvalue weighted by Crippen LogP contribution is -2.15. The van der Waals surface area contributed by atoms with Gasteiger partial charge in [-0.25, -0.2) is 4.98 Å². The summed E-state index contributed by atoms with van der Waals surface area (Å²) in [5.74, 6) is 1.40. The molecule has 0 radical (unpaired) electrons. The zero-order valence-corrected chi connectivity index (χ0v) is 12.6. The fourth-order valence-corrected chi connectivity index (χ4v) is 2.61. The van der Waals surface area contributed by atoms with Crippen LogP contribution in [0.2, 0.25) is 0 Å². The van der Waals surface area contributed by atoms with Gasteiger partial charge in [-0.3, -0.25) is 4.79 Å². The Kier molecular flexibility index (Phi) is 3.15. The smallest absolute Gasteiger partial charge is 0.221 e. The maximum atomic E-state index is 11.2. The van der Waals surface area contributed by atoms with Crippen molar-refractivity contribution in [2.24, 2.45) is 0 Å². The lowest BCUT2D eigenvalue weighted by molar-refractivity contribution is -0.114. The van der Waals surface area contributed by atoms with E-state index in [4.69, 9.17) is 9.47 Å². The number of rotatable bonds is 2. The molecule has 2 aromatic heterocycles. The Balaban J connectivity index is 1.72. The number of imidazole rings is 1. The minimum atomic E-state index is -0.100. The number of ether oxygens (including phenoxy) is 2. The fraction of sp³-hybridized carbons (Fsp3) is 0.176. The van der Waals surface area contributed by atoms with Crippen LogP contribution in [-0.4, -0.2) is 28.5 Å². The van der Waals surface area contributed by atoms with Crippen molar-refractivity contribution in [2.75, 3.05) is 18.5 Å². The van der Waals surface area contributed by atoms with Gasteiger partial charge in [0, 0.05) is 24.9 Å². The summed E-state index contributed by atoms with van der Waals surface area (Å²) in [7, 11) is 0. The van der Waals surface area contributed by atoms with Crippen LogP contribution in [-0.2, 0) is 4.79 Å². The van der Waals surface area contributed by atoms with Gasteiger partial charge in [0.1, 0.15) is 18.9 Å². The van der Waals surface area contributed by atoms with E-state index in [0.717, 1.165) is 34.1 Å². The summed E-state index contributed by atoms with van der Waals surface area (Å²) >= 11 is 0. The number of nitrogens with one attached hydrogen (secondary N) is 1. The Morgan fingerprint density at radius 2 is 1.96 bits per heavy atom. The van der Waals surface area contributed by atoms with E-state index in [9.17, 15) is 4.79 Å². The minimum absolute atomic E-state index is 0.100. The highest BCUT2D eigenvalue weighted by atomic mass is 16.6. The molecule has 0 atom stereocenters. The van der Waals surface area contributed by atoms with E-state index in [1.165, 1.54) is 6.92 Å². The summed E-state index contributed by atoms with van der Waals surface area (Å²) in [5, 5.41) is 2.76. The molecule has 116 valence electrons. The highest BCUT2D eigenvalue weighted by molar-refractivity contribution is 5.88. The Bertz CT molecular complexity index is 901. The lowest BCUT2D eigenvalue weighted by Gasteiger charge is -2.18. The summed E-state index contributed by atoms with van der Waals surface area (Å²) in [4.78, 5) is 15.8. The number of amides is 1. The van der Waals surface area contributed by atoms with Crippen molar-refractivity contribution < 1.29 is 14.3 Å². The van der Waals surface area contributed by atoms with Crippen LogP contribution in [0.15, 0.2) is 42.7 Å². The molecule has 0 unspecified atom stereocenters. The van der Waals surface area contributed by atoms with Crippen LogP contribution in [0.25, 0.3) is 16.9 Å². The third-order valence-electron chi connectivity index (χ3n) is 3.61. The molecule has 0 saturated carbocycles. The van der Waals surface area contributed by atoms with Crippen molar-refractivity contribution in [3.63, 3.8) is 0 Å². The van der Waals surface area contributed by atoms with Crippen LogP contribution in [0.3, 0.4) is 0 Å². The second kappa shape index (κ2) is 5.31. The van der Waals surface area contributed by atoms with Crippen LogP contribution < -0.4 is 14.8 Å². The van der Waals surface area contributed by atoms with Crippen LogP contribution in [0.4, 0.5) is 5.69 Å². The zero-order valence-electron chi connectivity index (χ0n) is 12.6. The van der Waals surface area contributed by atoms with E-state index in [-0.39, 0.29) is 5.91 Å². The van der Waals surface area contributed by atoms with Crippen molar-refractivity contribution in [2.45, 2.75) is 6.92 Å². The zero-order chi connectivity index (χ0) is 15.8. The van der Waals surface area contributed by atoms with E-state index >= 15 is 0 Å². The topological polar surface area (TPSA) is 64.9 Å². The molecule has 1 amide bonds. The third kappa shape index (κ3) is 2.59. The van der Waals surface area contributed by atoms with Gasteiger partial charge >= 0.3 is 0 Å². The number of fused-ring (bicyclic) bond motifs is 2. The van der Waals surface area contributed by atoms with Crippen molar-refractivity contribution in [1.82, 2.24) is 9.38 Å². The highest BCUT2D eigenvalue weighted by Crippen LogP contribution is 2.34. The van der Waals surface area contributed by atoms with Crippen LogP contribution in [0.1, 0.15) is 6.92 Å². The number of nitrogens with zero attached hydrogens (tertiary/aromatic N) is 2. The molecular weight excluding hydrogens is 294 g/mol. The summed E-state index contributed by atoms with van der Waals surface area (Å²) in [5.41, 5.74) is 3.33. The van der Waals surface area contributed by atoms with E-state index in [0.29, 0.717) is 13.2 Å². The number of carbonyl (C=O) groups excluding carboxylic acids is 1. The molecular formula is C17H15N3O3. The molecule has 6 heteroatoms. The molecule has 3 aromatic rings. The standard InChI is InChI=1S/C17H15N3O3/c1-11(21)18-13-3-5-17-19-14(10-20(17)9-13)12-2-4-15-16(8-12)23-7-6-22-15/h2-5,8-10H,6-7H2,1H3,(H,18,21). The largest absolute Gasteiger partial charge is 0.486 e.